The Morgan fingerprint density at radius 2 is 2.13 bits per heavy atom. The lowest BCUT2D eigenvalue weighted by molar-refractivity contribution is 0.141. The number of aliphatic hydroxyl groups excluding tert-OH is 1. The smallest absolute Gasteiger partial charge is 0.0946 e. The minimum absolute atomic E-state index is 0. The number of hydrogen-bond donors (Lipinski definition) is 1. The van der Waals surface area contributed by atoms with Crippen molar-refractivity contribution in [1.82, 2.24) is 9.55 Å². The topological polar surface area (TPSA) is 38.0 Å². The van der Waals surface area contributed by atoms with Gasteiger partial charge >= 0.3 is 0 Å². The van der Waals surface area contributed by atoms with Gasteiger partial charge in [0.2, 0.25) is 0 Å². The van der Waals surface area contributed by atoms with Crippen LogP contribution < -0.4 is 0 Å². The lowest BCUT2D eigenvalue weighted by Gasteiger charge is -2.10. The Morgan fingerprint density at radius 3 is 2.73 bits per heavy atom. The largest absolute Gasteiger partial charge is 0.391 e. The van der Waals surface area contributed by atoms with Crippen molar-refractivity contribution < 1.29 is 5.11 Å². The van der Waals surface area contributed by atoms with Gasteiger partial charge in [-0.05, 0) is 6.42 Å². The van der Waals surface area contributed by atoms with Gasteiger partial charge in [0, 0.05) is 18.9 Å². The summed E-state index contributed by atoms with van der Waals surface area (Å²) in [6, 6.07) is 0. The highest BCUT2D eigenvalue weighted by Crippen LogP contribution is 2.06. The van der Waals surface area contributed by atoms with Crippen molar-refractivity contribution in [2.24, 2.45) is 0 Å². The molecular formula is C11H21ClN2O. The van der Waals surface area contributed by atoms with Crippen molar-refractivity contribution in [2.45, 2.75) is 51.7 Å². The molecule has 0 amide bonds. The van der Waals surface area contributed by atoms with Crippen LogP contribution in [0.3, 0.4) is 0 Å². The van der Waals surface area contributed by atoms with Gasteiger partial charge in [-0.1, -0.05) is 32.6 Å². The molecule has 0 aliphatic rings. The minimum Gasteiger partial charge on any atom is -0.391 e. The van der Waals surface area contributed by atoms with Crippen molar-refractivity contribution in [1.29, 1.82) is 0 Å². The fraction of sp³-hybridized carbons (Fsp3) is 0.727. The monoisotopic (exact) mass is 232 g/mol. The van der Waals surface area contributed by atoms with Crippen LogP contribution in [0.15, 0.2) is 18.7 Å². The first-order chi connectivity index (χ1) is 6.83. The van der Waals surface area contributed by atoms with Crippen LogP contribution in [0.5, 0.6) is 0 Å². The second-order valence-corrected chi connectivity index (χ2v) is 3.76. The maximum atomic E-state index is 9.67. The molecule has 1 rings (SSSR count). The SMILES string of the molecule is CCCCCCC(O)Cn1ccnc1.Cl. The molecule has 0 radical (unpaired) electrons. The third-order valence-electron chi connectivity index (χ3n) is 2.37. The summed E-state index contributed by atoms with van der Waals surface area (Å²) in [5.41, 5.74) is 0. The molecule has 1 atom stereocenters. The number of unbranched alkanes of at least 4 members (excludes halogenated alkanes) is 3. The molecule has 0 spiro atoms. The van der Waals surface area contributed by atoms with Gasteiger partial charge in [-0.25, -0.2) is 4.98 Å². The van der Waals surface area contributed by atoms with Crippen LogP contribution >= 0.6 is 12.4 Å². The van der Waals surface area contributed by atoms with E-state index in [-0.39, 0.29) is 18.5 Å². The average molecular weight is 233 g/mol. The van der Waals surface area contributed by atoms with E-state index in [1.807, 2.05) is 10.8 Å². The molecule has 0 bridgehead atoms. The molecule has 1 aromatic rings. The van der Waals surface area contributed by atoms with Gasteiger partial charge in [0.15, 0.2) is 0 Å². The summed E-state index contributed by atoms with van der Waals surface area (Å²) in [7, 11) is 0. The van der Waals surface area contributed by atoms with Crippen molar-refractivity contribution in [3.8, 4) is 0 Å². The van der Waals surface area contributed by atoms with E-state index in [0.717, 1.165) is 12.8 Å². The molecule has 15 heavy (non-hydrogen) atoms. The second kappa shape index (κ2) is 8.74. The van der Waals surface area contributed by atoms with E-state index in [1.54, 1.807) is 12.5 Å². The van der Waals surface area contributed by atoms with E-state index >= 15 is 0 Å². The maximum absolute atomic E-state index is 9.67. The Labute approximate surface area is 97.9 Å². The number of rotatable bonds is 7. The number of aromatic nitrogens is 2. The zero-order valence-corrected chi connectivity index (χ0v) is 10.1. The molecule has 4 heteroatoms. The van der Waals surface area contributed by atoms with E-state index < -0.39 is 0 Å². The van der Waals surface area contributed by atoms with Crippen molar-refractivity contribution >= 4 is 12.4 Å². The molecule has 0 saturated carbocycles. The standard InChI is InChI=1S/C11H20N2O.ClH/c1-2-3-4-5-6-11(14)9-13-8-7-12-10-13;/h7-8,10-11,14H,2-6,9H2,1H3;1H. The normalized spacial score (nSPS) is 12.1. The Balaban J connectivity index is 0.00000196. The van der Waals surface area contributed by atoms with Crippen LogP contribution in [0.4, 0.5) is 0 Å². The first kappa shape index (κ1) is 14.5. The highest BCUT2D eigenvalue weighted by molar-refractivity contribution is 5.85. The van der Waals surface area contributed by atoms with Gasteiger partial charge in [-0.2, -0.15) is 0 Å². The predicted octanol–water partition coefficient (Wildman–Crippen LogP) is 2.64. The Kier molecular flexibility index (Phi) is 8.43. The molecule has 0 saturated heterocycles. The molecule has 0 fully saturated rings. The first-order valence-corrected chi connectivity index (χ1v) is 5.46. The Morgan fingerprint density at radius 1 is 1.33 bits per heavy atom. The summed E-state index contributed by atoms with van der Waals surface area (Å²) >= 11 is 0. The first-order valence-electron chi connectivity index (χ1n) is 5.46. The van der Waals surface area contributed by atoms with Crippen LogP contribution in [-0.4, -0.2) is 20.8 Å². The van der Waals surface area contributed by atoms with Crippen LogP contribution in [0.2, 0.25) is 0 Å². The molecular weight excluding hydrogens is 212 g/mol. The minimum atomic E-state index is -0.221. The summed E-state index contributed by atoms with van der Waals surface area (Å²) in [6.45, 7) is 2.87. The Hall–Kier alpha value is -0.540. The van der Waals surface area contributed by atoms with E-state index in [4.69, 9.17) is 0 Å². The summed E-state index contributed by atoms with van der Waals surface area (Å²) < 4.78 is 1.92. The highest BCUT2D eigenvalue weighted by Gasteiger charge is 2.03. The van der Waals surface area contributed by atoms with Crippen LogP contribution in [0, 0.1) is 0 Å². The van der Waals surface area contributed by atoms with Crippen LogP contribution in [0.1, 0.15) is 39.0 Å². The second-order valence-electron chi connectivity index (χ2n) is 3.76. The van der Waals surface area contributed by atoms with Gasteiger partial charge in [0.05, 0.1) is 12.4 Å². The van der Waals surface area contributed by atoms with Gasteiger partial charge < -0.3 is 9.67 Å². The molecule has 1 unspecified atom stereocenters. The van der Waals surface area contributed by atoms with Gasteiger partial charge in [-0.3, -0.25) is 0 Å². The lowest BCUT2D eigenvalue weighted by atomic mass is 10.1. The molecule has 1 N–H and O–H groups in total. The third kappa shape index (κ3) is 6.52. The molecule has 1 aromatic heterocycles. The molecule has 1 heterocycles. The molecule has 0 aliphatic carbocycles. The molecule has 0 aromatic carbocycles. The van der Waals surface area contributed by atoms with Crippen LogP contribution in [-0.2, 0) is 6.54 Å². The van der Waals surface area contributed by atoms with E-state index in [2.05, 4.69) is 11.9 Å². The number of aliphatic hydroxyl groups is 1. The fourth-order valence-corrected chi connectivity index (χ4v) is 1.54. The molecule has 3 nitrogen and oxygen atoms in total. The zero-order valence-electron chi connectivity index (χ0n) is 9.30. The Bertz CT molecular complexity index is 227. The third-order valence-corrected chi connectivity index (χ3v) is 2.37. The van der Waals surface area contributed by atoms with E-state index in [0.29, 0.717) is 6.54 Å². The number of imidazole rings is 1. The molecule has 88 valence electrons. The summed E-state index contributed by atoms with van der Waals surface area (Å²) in [5.74, 6) is 0. The van der Waals surface area contributed by atoms with Crippen molar-refractivity contribution in [2.75, 3.05) is 0 Å². The average Bonchev–Trinajstić information content (AvgIpc) is 2.65. The zero-order chi connectivity index (χ0) is 10.2. The fourth-order valence-electron chi connectivity index (χ4n) is 1.54. The van der Waals surface area contributed by atoms with Gasteiger partial charge in [-0.15, -0.1) is 12.4 Å². The summed E-state index contributed by atoms with van der Waals surface area (Å²) in [5, 5.41) is 9.67. The van der Waals surface area contributed by atoms with Crippen molar-refractivity contribution in [3.05, 3.63) is 18.7 Å². The quantitative estimate of drug-likeness (QED) is 0.734. The van der Waals surface area contributed by atoms with Gasteiger partial charge in [0.25, 0.3) is 0 Å². The number of halogens is 1. The highest BCUT2D eigenvalue weighted by atomic mass is 35.5. The predicted molar refractivity (Wildman–Crippen MR) is 64.2 cm³/mol. The summed E-state index contributed by atoms with van der Waals surface area (Å²) in [6.07, 6.45) is 10.9. The summed E-state index contributed by atoms with van der Waals surface area (Å²) in [4.78, 5) is 3.94. The van der Waals surface area contributed by atoms with Gasteiger partial charge in [0.1, 0.15) is 0 Å². The number of hydrogen-bond acceptors (Lipinski definition) is 2. The lowest BCUT2D eigenvalue weighted by Crippen LogP contribution is -2.14. The van der Waals surface area contributed by atoms with Crippen molar-refractivity contribution in [3.63, 3.8) is 0 Å². The van der Waals surface area contributed by atoms with E-state index in [9.17, 15) is 5.11 Å². The molecule has 0 aliphatic heterocycles. The number of nitrogens with zero attached hydrogens (tertiary/aromatic N) is 2. The van der Waals surface area contributed by atoms with E-state index in [1.165, 1.54) is 19.3 Å². The maximum Gasteiger partial charge on any atom is 0.0946 e. The van der Waals surface area contributed by atoms with Crippen LogP contribution in [0.25, 0.3) is 0 Å².